The number of carbonyl (C=O) groups is 2. The van der Waals surface area contributed by atoms with Gasteiger partial charge in [0.25, 0.3) is 5.91 Å². The number of anilines is 1. The van der Waals surface area contributed by atoms with Gasteiger partial charge in [0.1, 0.15) is 12.4 Å². The number of aromatic nitrogens is 1. The highest BCUT2D eigenvalue weighted by Crippen LogP contribution is 2.25. The topological polar surface area (TPSA) is 71.5 Å². The Morgan fingerprint density at radius 3 is 2.55 bits per heavy atom. The summed E-state index contributed by atoms with van der Waals surface area (Å²) in [6.07, 6.45) is 0. The molecule has 0 saturated carbocycles. The fourth-order valence-electron chi connectivity index (χ4n) is 2.44. The first-order valence-electron chi connectivity index (χ1n) is 8.52. The van der Waals surface area contributed by atoms with Crippen molar-refractivity contribution in [3.05, 3.63) is 74.7 Å². The van der Waals surface area contributed by atoms with Crippen LogP contribution < -0.4 is 10.1 Å². The molecule has 1 aromatic heterocycles. The van der Waals surface area contributed by atoms with Crippen molar-refractivity contribution >= 4 is 52.0 Å². The van der Waals surface area contributed by atoms with Crippen LogP contribution in [-0.2, 0) is 11.4 Å². The number of halogens is 2. The lowest BCUT2D eigenvalue weighted by molar-refractivity contribution is -0.116. The number of hydrogen-bond acceptors (Lipinski definition) is 5. The zero-order valence-corrected chi connectivity index (χ0v) is 17.7. The van der Waals surface area contributed by atoms with E-state index in [1.165, 1.54) is 16.2 Å². The van der Waals surface area contributed by atoms with Crippen molar-refractivity contribution in [2.24, 2.45) is 0 Å². The van der Waals surface area contributed by atoms with Gasteiger partial charge >= 0.3 is 0 Å². The second-order valence-corrected chi connectivity index (χ2v) is 7.66. The van der Waals surface area contributed by atoms with E-state index in [4.69, 9.17) is 27.9 Å². The standard InChI is InChI=1S/C20H17Cl2N3O3S/c1-25(9-19(26)24-14-4-7-17(21)18(22)8-14)20(27)13-2-5-16(6-3-13)28-10-15-11-29-12-23-15/h2-8,11-12H,9-10H2,1H3,(H,24,26). The summed E-state index contributed by atoms with van der Waals surface area (Å²) in [5.41, 5.74) is 3.55. The van der Waals surface area contributed by atoms with Crippen LogP contribution in [0.15, 0.2) is 53.4 Å². The Bertz CT molecular complexity index is 995. The molecule has 1 N–H and O–H groups in total. The average Bonchev–Trinajstić information content (AvgIpc) is 3.22. The van der Waals surface area contributed by atoms with Crippen molar-refractivity contribution in [3.63, 3.8) is 0 Å². The van der Waals surface area contributed by atoms with Crippen LogP contribution in [0.1, 0.15) is 16.1 Å². The van der Waals surface area contributed by atoms with Crippen LogP contribution in [0.4, 0.5) is 5.69 Å². The van der Waals surface area contributed by atoms with Gasteiger partial charge in [0, 0.05) is 23.7 Å². The number of nitrogens with one attached hydrogen (secondary N) is 1. The highest BCUT2D eigenvalue weighted by molar-refractivity contribution is 7.07. The van der Waals surface area contributed by atoms with Crippen LogP contribution in [-0.4, -0.2) is 35.3 Å². The molecule has 0 aliphatic heterocycles. The van der Waals surface area contributed by atoms with E-state index < -0.39 is 0 Å². The summed E-state index contributed by atoms with van der Waals surface area (Å²) in [7, 11) is 1.56. The molecule has 0 bridgehead atoms. The lowest BCUT2D eigenvalue weighted by Crippen LogP contribution is -2.34. The molecular weight excluding hydrogens is 433 g/mol. The van der Waals surface area contributed by atoms with E-state index in [0.717, 1.165) is 5.69 Å². The van der Waals surface area contributed by atoms with Gasteiger partial charge in [-0.05, 0) is 42.5 Å². The van der Waals surface area contributed by atoms with E-state index in [2.05, 4.69) is 10.3 Å². The molecule has 0 aliphatic rings. The van der Waals surface area contributed by atoms with Crippen molar-refractivity contribution in [1.29, 1.82) is 0 Å². The van der Waals surface area contributed by atoms with Crippen LogP contribution in [0, 0.1) is 0 Å². The normalized spacial score (nSPS) is 10.4. The van der Waals surface area contributed by atoms with E-state index in [0.29, 0.717) is 33.7 Å². The lowest BCUT2D eigenvalue weighted by atomic mass is 10.2. The maximum atomic E-state index is 12.5. The van der Waals surface area contributed by atoms with Crippen molar-refractivity contribution in [2.75, 3.05) is 18.9 Å². The molecule has 6 nitrogen and oxygen atoms in total. The summed E-state index contributed by atoms with van der Waals surface area (Å²) >= 11 is 13.3. The zero-order chi connectivity index (χ0) is 20.8. The van der Waals surface area contributed by atoms with Gasteiger partial charge in [-0.15, -0.1) is 11.3 Å². The van der Waals surface area contributed by atoms with Gasteiger partial charge < -0.3 is 15.0 Å². The number of carbonyl (C=O) groups excluding carboxylic acids is 2. The Labute approximate surface area is 182 Å². The highest BCUT2D eigenvalue weighted by Gasteiger charge is 2.15. The van der Waals surface area contributed by atoms with E-state index >= 15 is 0 Å². The molecule has 3 rings (SSSR count). The van der Waals surface area contributed by atoms with Crippen LogP contribution in [0.2, 0.25) is 10.0 Å². The highest BCUT2D eigenvalue weighted by atomic mass is 35.5. The SMILES string of the molecule is CN(CC(=O)Nc1ccc(Cl)c(Cl)c1)C(=O)c1ccc(OCc2cscn2)cc1. The van der Waals surface area contributed by atoms with Crippen molar-refractivity contribution in [3.8, 4) is 5.75 Å². The van der Waals surface area contributed by atoms with Crippen molar-refractivity contribution in [2.45, 2.75) is 6.61 Å². The number of benzene rings is 2. The van der Waals surface area contributed by atoms with Gasteiger partial charge in [-0.3, -0.25) is 9.59 Å². The minimum atomic E-state index is -0.345. The molecule has 0 atom stereocenters. The third kappa shape index (κ3) is 5.93. The number of amides is 2. The van der Waals surface area contributed by atoms with E-state index in [1.807, 2.05) is 5.38 Å². The van der Waals surface area contributed by atoms with Gasteiger partial charge in [-0.25, -0.2) is 4.98 Å². The second-order valence-electron chi connectivity index (χ2n) is 6.13. The molecule has 2 amide bonds. The monoisotopic (exact) mass is 449 g/mol. The number of rotatable bonds is 7. The van der Waals surface area contributed by atoms with E-state index in [9.17, 15) is 9.59 Å². The molecule has 0 spiro atoms. The third-order valence-corrected chi connectivity index (χ3v) is 5.28. The quantitative estimate of drug-likeness (QED) is 0.565. The molecule has 0 unspecified atom stereocenters. The van der Waals surface area contributed by atoms with Crippen LogP contribution in [0.5, 0.6) is 5.75 Å². The van der Waals surface area contributed by atoms with Crippen molar-refractivity contribution < 1.29 is 14.3 Å². The predicted molar refractivity (Wildman–Crippen MR) is 115 cm³/mol. The number of hydrogen-bond donors (Lipinski definition) is 1. The van der Waals surface area contributed by atoms with Crippen molar-refractivity contribution in [1.82, 2.24) is 9.88 Å². The number of likely N-dealkylation sites (N-methyl/N-ethyl adjacent to an activating group) is 1. The minimum Gasteiger partial charge on any atom is -0.487 e. The summed E-state index contributed by atoms with van der Waals surface area (Å²) in [4.78, 5) is 30.2. The molecule has 0 fully saturated rings. The molecule has 29 heavy (non-hydrogen) atoms. The molecule has 9 heteroatoms. The number of thiazole rings is 1. The summed E-state index contributed by atoms with van der Waals surface area (Å²) < 4.78 is 5.63. The number of ether oxygens (including phenoxy) is 1. The fourth-order valence-corrected chi connectivity index (χ4v) is 3.28. The van der Waals surface area contributed by atoms with Gasteiger partial charge in [0.15, 0.2) is 0 Å². The van der Waals surface area contributed by atoms with E-state index in [1.54, 1.807) is 55.0 Å². The van der Waals surface area contributed by atoms with Crippen LogP contribution >= 0.6 is 34.5 Å². The number of nitrogens with zero attached hydrogens (tertiary/aromatic N) is 2. The minimum absolute atomic E-state index is 0.110. The smallest absolute Gasteiger partial charge is 0.254 e. The summed E-state index contributed by atoms with van der Waals surface area (Å²) in [6.45, 7) is 0.257. The molecule has 0 aliphatic carbocycles. The molecule has 1 heterocycles. The Morgan fingerprint density at radius 2 is 1.90 bits per heavy atom. The maximum Gasteiger partial charge on any atom is 0.254 e. The Balaban J connectivity index is 1.53. The van der Waals surface area contributed by atoms with E-state index in [-0.39, 0.29) is 18.4 Å². The third-order valence-electron chi connectivity index (χ3n) is 3.90. The molecular formula is C20H17Cl2N3O3S. The predicted octanol–water partition coefficient (Wildman–Crippen LogP) is 4.74. The fraction of sp³-hybridized carbons (Fsp3) is 0.150. The first-order chi connectivity index (χ1) is 13.9. The van der Waals surface area contributed by atoms with Gasteiger partial charge in [-0.2, -0.15) is 0 Å². The van der Waals surface area contributed by atoms with Crippen LogP contribution in [0.3, 0.4) is 0 Å². The molecule has 150 valence electrons. The Morgan fingerprint density at radius 1 is 1.14 bits per heavy atom. The Hall–Kier alpha value is -2.61. The second kappa shape index (κ2) is 9.73. The van der Waals surface area contributed by atoms with Crippen LogP contribution in [0.25, 0.3) is 0 Å². The lowest BCUT2D eigenvalue weighted by Gasteiger charge is -2.17. The molecule has 3 aromatic rings. The maximum absolute atomic E-state index is 12.5. The largest absolute Gasteiger partial charge is 0.487 e. The average molecular weight is 450 g/mol. The zero-order valence-electron chi connectivity index (χ0n) is 15.4. The molecule has 0 radical (unpaired) electrons. The summed E-state index contributed by atoms with van der Waals surface area (Å²) in [5, 5.41) is 5.34. The van der Waals surface area contributed by atoms with Gasteiger partial charge in [0.2, 0.25) is 5.91 Å². The molecule has 0 saturated heterocycles. The molecule has 2 aromatic carbocycles. The first-order valence-corrected chi connectivity index (χ1v) is 10.2. The Kier molecular flexibility index (Phi) is 7.09. The summed E-state index contributed by atoms with van der Waals surface area (Å²) in [5.74, 6) is 0.0114. The summed E-state index contributed by atoms with van der Waals surface area (Å²) in [6, 6.07) is 11.5. The first kappa shape index (κ1) is 21.1. The van der Waals surface area contributed by atoms with Gasteiger partial charge in [0.05, 0.1) is 27.8 Å². The van der Waals surface area contributed by atoms with Gasteiger partial charge in [-0.1, -0.05) is 23.2 Å².